The summed E-state index contributed by atoms with van der Waals surface area (Å²) in [7, 11) is 1.50. The molecule has 0 radical (unpaired) electrons. The molecule has 1 atom stereocenters. The van der Waals surface area contributed by atoms with Crippen molar-refractivity contribution in [1.82, 2.24) is 0 Å². The average Bonchev–Trinajstić information content (AvgIpc) is 3.02. The Balaban J connectivity index is 2.20. The molecule has 3 N–H and O–H groups in total. The number of anilines is 2. The summed E-state index contributed by atoms with van der Waals surface area (Å²) in [6.45, 7) is 1.52. The number of aliphatic hydroxyl groups is 1. The highest BCUT2D eigenvalue weighted by Gasteiger charge is 2.14. The monoisotopic (exact) mass is 318 g/mol. The number of nitrogens with one attached hydrogen (secondary N) is 2. The van der Waals surface area contributed by atoms with Gasteiger partial charge in [0.25, 0.3) is 5.91 Å². The molecule has 1 aromatic heterocycles. The van der Waals surface area contributed by atoms with Crippen LogP contribution >= 0.6 is 0 Å². The van der Waals surface area contributed by atoms with Crippen molar-refractivity contribution in [3.63, 3.8) is 0 Å². The van der Waals surface area contributed by atoms with Gasteiger partial charge in [-0.05, 0) is 31.2 Å². The lowest BCUT2D eigenvalue weighted by Gasteiger charge is -2.14. The Morgan fingerprint density at radius 3 is 2.65 bits per heavy atom. The van der Waals surface area contributed by atoms with Gasteiger partial charge in [-0.2, -0.15) is 0 Å². The lowest BCUT2D eigenvalue weighted by atomic mass is 10.2. The van der Waals surface area contributed by atoms with Crippen molar-refractivity contribution in [3.05, 3.63) is 42.4 Å². The minimum atomic E-state index is -0.762. The van der Waals surface area contributed by atoms with Crippen LogP contribution in [0.1, 0.15) is 23.9 Å². The van der Waals surface area contributed by atoms with Crippen LogP contribution in [0.25, 0.3) is 0 Å². The van der Waals surface area contributed by atoms with E-state index in [9.17, 15) is 14.7 Å². The van der Waals surface area contributed by atoms with Gasteiger partial charge in [0.15, 0.2) is 5.76 Å². The number of aliphatic hydroxyl groups excluding tert-OH is 1. The van der Waals surface area contributed by atoms with E-state index in [1.807, 2.05) is 0 Å². The first kappa shape index (κ1) is 16.6. The van der Waals surface area contributed by atoms with Crippen LogP contribution in [0, 0.1) is 0 Å². The van der Waals surface area contributed by atoms with E-state index < -0.39 is 12.0 Å². The van der Waals surface area contributed by atoms with Crippen molar-refractivity contribution in [2.24, 2.45) is 0 Å². The number of carbonyl (C=O) groups is 2. The van der Waals surface area contributed by atoms with Crippen molar-refractivity contribution in [2.45, 2.75) is 19.4 Å². The Kier molecular flexibility index (Phi) is 5.37. The maximum absolute atomic E-state index is 12.1. The molecule has 1 unspecified atom stereocenters. The Labute approximate surface area is 133 Å². The topological polar surface area (TPSA) is 101 Å². The van der Waals surface area contributed by atoms with Crippen LogP contribution in [0.5, 0.6) is 5.75 Å². The molecule has 122 valence electrons. The van der Waals surface area contributed by atoms with Crippen molar-refractivity contribution < 1.29 is 23.8 Å². The zero-order valence-electron chi connectivity index (χ0n) is 12.8. The predicted molar refractivity (Wildman–Crippen MR) is 84.6 cm³/mol. The van der Waals surface area contributed by atoms with Gasteiger partial charge in [-0.3, -0.25) is 9.59 Å². The van der Waals surface area contributed by atoms with E-state index >= 15 is 0 Å². The SMILES string of the molecule is COc1ccc(NC(=O)c2ccco2)c(NC(=O)CC(C)O)c1. The number of hydrogen-bond donors (Lipinski definition) is 3. The van der Waals surface area contributed by atoms with E-state index in [0.717, 1.165) is 0 Å². The molecule has 0 saturated heterocycles. The van der Waals surface area contributed by atoms with Gasteiger partial charge in [0.1, 0.15) is 5.75 Å². The molecular formula is C16H18N2O5. The van der Waals surface area contributed by atoms with Gasteiger partial charge < -0.3 is 24.9 Å². The first-order valence-electron chi connectivity index (χ1n) is 7.00. The number of benzene rings is 1. The smallest absolute Gasteiger partial charge is 0.291 e. The number of carbonyl (C=O) groups excluding carboxylic acids is 2. The van der Waals surface area contributed by atoms with E-state index in [1.54, 1.807) is 24.3 Å². The molecule has 0 fully saturated rings. The standard InChI is InChI=1S/C16H18N2O5/c1-10(19)8-15(20)17-13-9-11(22-2)5-6-12(13)18-16(21)14-4-3-7-23-14/h3-7,9-10,19H,8H2,1-2H3,(H,17,20)(H,18,21). The van der Waals surface area contributed by atoms with Gasteiger partial charge in [0.05, 0.1) is 37.3 Å². The minimum absolute atomic E-state index is 0.0528. The highest BCUT2D eigenvalue weighted by atomic mass is 16.5. The fourth-order valence-corrected chi connectivity index (χ4v) is 1.92. The number of amides is 2. The van der Waals surface area contributed by atoms with Crippen LogP contribution in [-0.4, -0.2) is 30.1 Å². The van der Waals surface area contributed by atoms with Gasteiger partial charge in [-0.1, -0.05) is 0 Å². The second kappa shape index (κ2) is 7.46. The number of furan rings is 1. The largest absolute Gasteiger partial charge is 0.497 e. The molecule has 1 aromatic carbocycles. The summed E-state index contributed by atoms with van der Waals surface area (Å²) in [6, 6.07) is 7.98. The van der Waals surface area contributed by atoms with Gasteiger partial charge in [-0.15, -0.1) is 0 Å². The number of hydrogen-bond acceptors (Lipinski definition) is 5. The molecule has 0 aliphatic heterocycles. The van der Waals surface area contributed by atoms with E-state index in [-0.39, 0.29) is 18.1 Å². The molecule has 2 aromatic rings. The van der Waals surface area contributed by atoms with Gasteiger partial charge in [-0.25, -0.2) is 0 Å². The van der Waals surface area contributed by atoms with Crippen LogP contribution < -0.4 is 15.4 Å². The first-order chi connectivity index (χ1) is 11.0. The molecule has 2 rings (SSSR count). The van der Waals surface area contributed by atoms with Crippen molar-refractivity contribution in [3.8, 4) is 5.75 Å². The summed E-state index contributed by atoms with van der Waals surface area (Å²) >= 11 is 0. The molecule has 0 saturated carbocycles. The summed E-state index contributed by atoms with van der Waals surface area (Å²) in [6.07, 6.45) is 0.582. The van der Waals surface area contributed by atoms with E-state index in [2.05, 4.69) is 10.6 Å². The molecule has 2 amide bonds. The van der Waals surface area contributed by atoms with Gasteiger partial charge in [0, 0.05) is 6.07 Å². The fraction of sp³-hybridized carbons (Fsp3) is 0.250. The maximum Gasteiger partial charge on any atom is 0.291 e. The third-order valence-corrected chi connectivity index (χ3v) is 2.97. The maximum atomic E-state index is 12.1. The summed E-state index contributed by atoms with van der Waals surface area (Å²) in [5.74, 6) is -0.136. The number of methoxy groups -OCH3 is 1. The third kappa shape index (κ3) is 4.58. The zero-order valence-corrected chi connectivity index (χ0v) is 12.8. The Bertz CT molecular complexity index is 680. The molecule has 23 heavy (non-hydrogen) atoms. The van der Waals surface area contributed by atoms with Gasteiger partial charge >= 0.3 is 0 Å². The summed E-state index contributed by atoms with van der Waals surface area (Å²) in [5.41, 5.74) is 0.765. The highest BCUT2D eigenvalue weighted by Crippen LogP contribution is 2.28. The van der Waals surface area contributed by atoms with Crippen molar-refractivity contribution in [2.75, 3.05) is 17.7 Å². The molecule has 0 aliphatic rings. The average molecular weight is 318 g/mol. The van der Waals surface area contributed by atoms with E-state index in [1.165, 1.54) is 26.4 Å². The summed E-state index contributed by atoms with van der Waals surface area (Å²) in [4.78, 5) is 23.9. The van der Waals surface area contributed by atoms with Gasteiger partial charge in [0.2, 0.25) is 5.91 Å². The fourth-order valence-electron chi connectivity index (χ4n) is 1.92. The Morgan fingerprint density at radius 2 is 2.04 bits per heavy atom. The summed E-state index contributed by atoms with van der Waals surface area (Å²) in [5, 5.41) is 14.6. The van der Waals surface area contributed by atoms with E-state index in [0.29, 0.717) is 17.1 Å². The second-order valence-corrected chi connectivity index (χ2v) is 4.94. The van der Waals surface area contributed by atoms with Crippen LogP contribution in [0.2, 0.25) is 0 Å². The normalized spacial score (nSPS) is 11.6. The lowest BCUT2D eigenvalue weighted by Crippen LogP contribution is -2.19. The molecule has 7 nitrogen and oxygen atoms in total. The molecule has 0 spiro atoms. The van der Waals surface area contributed by atoms with E-state index in [4.69, 9.17) is 9.15 Å². The van der Waals surface area contributed by atoms with Crippen molar-refractivity contribution in [1.29, 1.82) is 0 Å². The molecule has 7 heteroatoms. The van der Waals surface area contributed by atoms with Crippen LogP contribution in [0.3, 0.4) is 0 Å². The molecule has 0 bridgehead atoms. The van der Waals surface area contributed by atoms with Crippen LogP contribution in [-0.2, 0) is 4.79 Å². The Hall–Kier alpha value is -2.80. The van der Waals surface area contributed by atoms with Crippen LogP contribution in [0.15, 0.2) is 41.0 Å². The highest BCUT2D eigenvalue weighted by molar-refractivity contribution is 6.05. The lowest BCUT2D eigenvalue weighted by molar-refractivity contribution is -0.117. The summed E-state index contributed by atoms with van der Waals surface area (Å²) < 4.78 is 10.1. The minimum Gasteiger partial charge on any atom is -0.497 e. The number of ether oxygens (including phenoxy) is 1. The molecule has 1 heterocycles. The van der Waals surface area contributed by atoms with Crippen LogP contribution in [0.4, 0.5) is 11.4 Å². The zero-order chi connectivity index (χ0) is 16.8. The second-order valence-electron chi connectivity index (χ2n) is 4.94. The number of rotatable bonds is 6. The Morgan fingerprint density at radius 1 is 1.26 bits per heavy atom. The first-order valence-corrected chi connectivity index (χ1v) is 7.00. The molecular weight excluding hydrogens is 300 g/mol. The quantitative estimate of drug-likeness (QED) is 0.758. The van der Waals surface area contributed by atoms with Crippen molar-refractivity contribution >= 4 is 23.2 Å². The molecule has 0 aliphatic carbocycles. The third-order valence-electron chi connectivity index (χ3n) is 2.97. The predicted octanol–water partition coefficient (Wildman–Crippen LogP) is 2.25.